The van der Waals surface area contributed by atoms with Gasteiger partial charge in [-0.15, -0.1) is 0 Å². The van der Waals surface area contributed by atoms with Crippen LogP contribution in [0.2, 0.25) is 0 Å². The van der Waals surface area contributed by atoms with Crippen molar-refractivity contribution in [1.29, 1.82) is 0 Å². The molecule has 0 aliphatic rings. The highest BCUT2D eigenvalue weighted by Crippen LogP contribution is 1.94. The molecule has 2 heteroatoms. The maximum atomic E-state index is 5.36. The number of benzene rings is 1. The predicted octanol–water partition coefficient (Wildman–Crippen LogP) is 3.00. The zero-order valence-corrected chi connectivity index (χ0v) is 11.7. The molecule has 0 aromatic heterocycles. The Balaban J connectivity index is 0.000000318. The fraction of sp³-hybridized carbons (Fsp3) is 0.600. The van der Waals surface area contributed by atoms with Crippen molar-refractivity contribution in [3.8, 4) is 0 Å². The summed E-state index contributed by atoms with van der Waals surface area (Å²) in [4.78, 5) is 2.54. The van der Waals surface area contributed by atoms with Crippen molar-refractivity contribution in [3.63, 3.8) is 0 Å². The maximum Gasteiger partial charge on any atom is 0.113 e. The molecule has 0 saturated heterocycles. The van der Waals surface area contributed by atoms with E-state index in [0.29, 0.717) is 0 Å². The van der Waals surface area contributed by atoms with Gasteiger partial charge in [0.25, 0.3) is 0 Å². The van der Waals surface area contributed by atoms with E-state index in [9.17, 15) is 0 Å². The molecule has 0 unspecified atom stereocenters. The summed E-state index contributed by atoms with van der Waals surface area (Å²) >= 11 is 0. The van der Waals surface area contributed by atoms with Crippen molar-refractivity contribution in [2.75, 3.05) is 19.6 Å². The van der Waals surface area contributed by atoms with Crippen LogP contribution in [-0.2, 0) is 0 Å². The monoisotopic (exact) mass is 231 g/mol. The molecule has 1 rings (SSSR count). The molecular weight excluding hydrogens is 205 g/mol. The standard InChI is InChI=1S/C9H21N.C6H5B/c1-4-7-10(8-5-2)9-6-3;7-6-4-2-1-3-5-6/h4-9H2,1-3H3;1-5H. The van der Waals surface area contributed by atoms with Crippen LogP contribution in [0.25, 0.3) is 0 Å². The van der Waals surface area contributed by atoms with Gasteiger partial charge in [0, 0.05) is 0 Å². The van der Waals surface area contributed by atoms with E-state index in [1.165, 1.54) is 38.9 Å². The van der Waals surface area contributed by atoms with Crippen LogP contribution in [0.5, 0.6) is 0 Å². The Kier molecular flexibility index (Phi) is 11.2. The SMILES string of the molecule is CCCN(CCC)CCC.[B]c1ccccc1. The summed E-state index contributed by atoms with van der Waals surface area (Å²) in [5.74, 6) is 0. The average Bonchev–Trinajstić information content (AvgIpc) is 2.32. The zero-order chi connectivity index (χ0) is 12.9. The molecule has 94 valence electrons. The Morgan fingerprint density at radius 3 is 1.47 bits per heavy atom. The molecule has 1 nitrogen and oxygen atoms in total. The van der Waals surface area contributed by atoms with Crippen molar-refractivity contribution < 1.29 is 0 Å². The number of hydrogen-bond acceptors (Lipinski definition) is 1. The largest absolute Gasteiger partial charge is 0.303 e. The molecule has 17 heavy (non-hydrogen) atoms. The lowest BCUT2D eigenvalue weighted by molar-refractivity contribution is 0.275. The quantitative estimate of drug-likeness (QED) is 0.680. The van der Waals surface area contributed by atoms with E-state index < -0.39 is 0 Å². The van der Waals surface area contributed by atoms with Gasteiger partial charge in [0.05, 0.1) is 0 Å². The van der Waals surface area contributed by atoms with E-state index in [-0.39, 0.29) is 0 Å². The van der Waals surface area contributed by atoms with E-state index in [1.54, 1.807) is 0 Å². The first-order valence-corrected chi connectivity index (χ1v) is 6.77. The molecule has 0 saturated carbocycles. The van der Waals surface area contributed by atoms with Crippen LogP contribution in [0.3, 0.4) is 0 Å². The second-order valence-electron chi connectivity index (χ2n) is 4.25. The highest BCUT2D eigenvalue weighted by atomic mass is 15.1. The van der Waals surface area contributed by atoms with Gasteiger partial charge in [-0.2, -0.15) is 0 Å². The minimum Gasteiger partial charge on any atom is -0.303 e. The molecule has 0 amide bonds. The molecule has 1 aromatic rings. The lowest BCUT2D eigenvalue weighted by Gasteiger charge is -2.19. The van der Waals surface area contributed by atoms with Crippen LogP contribution < -0.4 is 5.46 Å². The summed E-state index contributed by atoms with van der Waals surface area (Å²) in [6.45, 7) is 10.6. The van der Waals surface area contributed by atoms with Gasteiger partial charge in [-0.25, -0.2) is 0 Å². The van der Waals surface area contributed by atoms with E-state index in [2.05, 4.69) is 25.7 Å². The third-order valence-electron chi connectivity index (χ3n) is 2.42. The number of hydrogen-bond donors (Lipinski definition) is 0. The van der Waals surface area contributed by atoms with Crippen molar-refractivity contribution >= 4 is 13.3 Å². The molecule has 0 fully saturated rings. The predicted molar refractivity (Wildman–Crippen MR) is 79.1 cm³/mol. The van der Waals surface area contributed by atoms with Crippen molar-refractivity contribution in [1.82, 2.24) is 4.90 Å². The third kappa shape index (κ3) is 10.1. The Labute approximate surface area is 109 Å². The van der Waals surface area contributed by atoms with Gasteiger partial charge in [-0.3, -0.25) is 0 Å². The van der Waals surface area contributed by atoms with Gasteiger partial charge in [-0.05, 0) is 38.9 Å². The minimum atomic E-state index is 0.822. The van der Waals surface area contributed by atoms with E-state index in [4.69, 9.17) is 7.85 Å². The van der Waals surface area contributed by atoms with Gasteiger partial charge in [0.2, 0.25) is 0 Å². The Morgan fingerprint density at radius 1 is 0.824 bits per heavy atom. The van der Waals surface area contributed by atoms with Crippen molar-refractivity contribution in [2.45, 2.75) is 40.0 Å². The van der Waals surface area contributed by atoms with Crippen LogP contribution in [0, 0.1) is 0 Å². The first-order valence-electron chi connectivity index (χ1n) is 6.77. The molecule has 1 aromatic carbocycles. The molecule has 2 radical (unpaired) electrons. The second-order valence-corrected chi connectivity index (χ2v) is 4.25. The van der Waals surface area contributed by atoms with Gasteiger partial charge in [-0.1, -0.05) is 56.6 Å². The van der Waals surface area contributed by atoms with Crippen molar-refractivity contribution in [2.24, 2.45) is 0 Å². The highest BCUT2D eigenvalue weighted by Gasteiger charge is 1.98. The Bertz CT molecular complexity index is 234. The molecule has 0 spiro atoms. The molecule has 0 atom stereocenters. The van der Waals surface area contributed by atoms with Crippen LogP contribution in [0.4, 0.5) is 0 Å². The first-order chi connectivity index (χ1) is 8.24. The Hall–Kier alpha value is -0.755. The summed E-state index contributed by atoms with van der Waals surface area (Å²) < 4.78 is 0. The van der Waals surface area contributed by atoms with Gasteiger partial charge >= 0.3 is 0 Å². The molecule has 0 aliphatic carbocycles. The fourth-order valence-electron chi connectivity index (χ4n) is 1.74. The maximum absolute atomic E-state index is 5.36. The summed E-state index contributed by atoms with van der Waals surface area (Å²) in [7, 11) is 5.36. The minimum absolute atomic E-state index is 0.822. The van der Waals surface area contributed by atoms with Crippen LogP contribution >= 0.6 is 0 Å². The van der Waals surface area contributed by atoms with Gasteiger partial charge < -0.3 is 4.90 Å². The molecule has 0 bridgehead atoms. The van der Waals surface area contributed by atoms with E-state index in [1.807, 2.05) is 30.3 Å². The molecular formula is C15H26BN. The third-order valence-corrected chi connectivity index (χ3v) is 2.42. The summed E-state index contributed by atoms with van der Waals surface area (Å²) in [5.41, 5.74) is 0.822. The van der Waals surface area contributed by atoms with Crippen LogP contribution in [-0.4, -0.2) is 32.4 Å². The normalized spacial score (nSPS) is 9.88. The van der Waals surface area contributed by atoms with Crippen LogP contribution in [0.1, 0.15) is 40.0 Å². The van der Waals surface area contributed by atoms with E-state index >= 15 is 0 Å². The summed E-state index contributed by atoms with van der Waals surface area (Å²) in [5, 5.41) is 0. The molecule has 0 N–H and O–H groups in total. The van der Waals surface area contributed by atoms with Crippen molar-refractivity contribution in [3.05, 3.63) is 30.3 Å². The zero-order valence-electron chi connectivity index (χ0n) is 11.7. The number of rotatable bonds is 6. The first kappa shape index (κ1) is 16.2. The lowest BCUT2D eigenvalue weighted by atomic mass is 9.97. The van der Waals surface area contributed by atoms with Gasteiger partial charge in [0.15, 0.2) is 0 Å². The Morgan fingerprint density at radius 2 is 1.24 bits per heavy atom. The highest BCUT2D eigenvalue weighted by molar-refractivity contribution is 6.32. The average molecular weight is 231 g/mol. The summed E-state index contributed by atoms with van der Waals surface area (Å²) in [6.07, 6.45) is 3.88. The number of nitrogens with zero attached hydrogens (tertiary/aromatic N) is 1. The second kappa shape index (κ2) is 11.7. The molecule has 0 aliphatic heterocycles. The fourth-order valence-corrected chi connectivity index (χ4v) is 1.74. The summed E-state index contributed by atoms with van der Waals surface area (Å²) in [6, 6.07) is 9.49. The van der Waals surface area contributed by atoms with Crippen LogP contribution in [0.15, 0.2) is 30.3 Å². The smallest absolute Gasteiger partial charge is 0.113 e. The lowest BCUT2D eigenvalue weighted by Crippen LogP contribution is -2.25. The van der Waals surface area contributed by atoms with E-state index in [0.717, 1.165) is 5.46 Å². The molecule has 0 heterocycles. The van der Waals surface area contributed by atoms with Gasteiger partial charge in [0.1, 0.15) is 7.85 Å². The topological polar surface area (TPSA) is 3.24 Å².